The van der Waals surface area contributed by atoms with E-state index >= 15 is 0 Å². The molecule has 0 spiro atoms. The van der Waals surface area contributed by atoms with Gasteiger partial charge in [0.2, 0.25) is 5.82 Å². The van der Waals surface area contributed by atoms with Gasteiger partial charge in [0.1, 0.15) is 6.33 Å². The number of rotatable bonds is 3. The highest BCUT2D eigenvalue weighted by Crippen LogP contribution is 2.33. The number of H-pyrrole nitrogens is 1. The number of hydrogen-bond donors (Lipinski definition) is 2. The second kappa shape index (κ2) is 3.16. The molecule has 1 aliphatic carbocycles. The number of nitrogens with one attached hydrogen (secondary N) is 2. The number of aromatic amines is 1. The average Bonchev–Trinajstić information content (AvgIpc) is 2.68. The number of nitrogens with zero attached hydrogens (tertiary/aromatic N) is 2. The third-order valence-electron chi connectivity index (χ3n) is 2.39. The van der Waals surface area contributed by atoms with Crippen LogP contribution in [-0.4, -0.2) is 27.1 Å². The molecule has 5 nitrogen and oxygen atoms in total. The number of aromatic nitrogens is 3. The van der Waals surface area contributed by atoms with Gasteiger partial charge in [-0.2, -0.15) is 5.10 Å². The van der Waals surface area contributed by atoms with Gasteiger partial charge >= 0.3 is 0 Å². The molecule has 0 saturated heterocycles. The lowest BCUT2D eigenvalue weighted by molar-refractivity contribution is 0.0939. The van der Waals surface area contributed by atoms with Crippen LogP contribution in [0.1, 0.15) is 30.4 Å². The van der Waals surface area contributed by atoms with Crippen LogP contribution in [0.5, 0.6) is 0 Å². The molecular weight excluding hydrogens is 168 g/mol. The molecule has 2 atom stereocenters. The van der Waals surface area contributed by atoms with E-state index in [0.29, 0.717) is 17.8 Å². The van der Waals surface area contributed by atoms with Crippen LogP contribution in [0.2, 0.25) is 0 Å². The SMILES string of the molecule is CCC1CC1NC(=O)c1ncn[nH]1. The Balaban J connectivity index is 1.87. The molecule has 0 aliphatic heterocycles. The molecule has 1 amide bonds. The first-order valence-electron chi connectivity index (χ1n) is 4.47. The lowest BCUT2D eigenvalue weighted by atomic mass is 10.3. The summed E-state index contributed by atoms with van der Waals surface area (Å²) in [7, 11) is 0. The van der Waals surface area contributed by atoms with Gasteiger partial charge in [0.15, 0.2) is 0 Å². The Morgan fingerprint density at radius 2 is 2.69 bits per heavy atom. The van der Waals surface area contributed by atoms with Gasteiger partial charge in [0.05, 0.1) is 0 Å². The van der Waals surface area contributed by atoms with E-state index in [1.165, 1.54) is 6.33 Å². The molecule has 1 aliphatic rings. The van der Waals surface area contributed by atoms with Crippen molar-refractivity contribution in [2.75, 3.05) is 0 Å². The van der Waals surface area contributed by atoms with E-state index in [-0.39, 0.29) is 5.91 Å². The van der Waals surface area contributed by atoms with E-state index < -0.39 is 0 Å². The van der Waals surface area contributed by atoms with Crippen LogP contribution in [-0.2, 0) is 0 Å². The fourth-order valence-electron chi connectivity index (χ4n) is 1.43. The van der Waals surface area contributed by atoms with E-state index in [9.17, 15) is 4.79 Å². The van der Waals surface area contributed by atoms with Crippen LogP contribution in [0.15, 0.2) is 6.33 Å². The summed E-state index contributed by atoms with van der Waals surface area (Å²) < 4.78 is 0. The molecule has 1 aromatic heterocycles. The fraction of sp³-hybridized carbons (Fsp3) is 0.625. The molecule has 2 N–H and O–H groups in total. The second-order valence-electron chi connectivity index (χ2n) is 3.32. The van der Waals surface area contributed by atoms with Crippen LogP contribution in [0.25, 0.3) is 0 Å². The number of carbonyl (C=O) groups excluding carboxylic acids is 1. The number of amides is 1. The predicted octanol–water partition coefficient (Wildman–Crippen LogP) is 0.333. The summed E-state index contributed by atoms with van der Waals surface area (Å²) >= 11 is 0. The minimum Gasteiger partial charge on any atom is -0.346 e. The minimum absolute atomic E-state index is 0.154. The summed E-state index contributed by atoms with van der Waals surface area (Å²) in [6, 6.07) is 0.350. The summed E-state index contributed by atoms with van der Waals surface area (Å²) in [5.41, 5.74) is 0. The van der Waals surface area contributed by atoms with E-state index in [4.69, 9.17) is 0 Å². The van der Waals surface area contributed by atoms with Crippen molar-refractivity contribution in [2.45, 2.75) is 25.8 Å². The molecule has 70 valence electrons. The van der Waals surface area contributed by atoms with Crippen LogP contribution < -0.4 is 5.32 Å². The Labute approximate surface area is 75.9 Å². The summed E-state index contributed by atoms with van der Waals surface area (Å²) in [5, 5.41) is 9.03. The fourth-order valence-corrected chi connectivity index (χ4v) is 1.43. The van der Waals surface area contributed by atoms with Crippen LogP contribution >= 0.6 is 0 Å². The zero-order valence-corrected chi connectivity index (χ0v) is 7.45. The zero-order chi connectivity index (χ0) is 9.26. The topological polar surface area (TPSA) is 70.7 Å². The highest BCUT2D eigenvalue weighted by atomic mass is 16.2. The van der Waals surface area contributed by atoms with Crippen molar-refractivity contribution in [1.82, 2.24) is 20.5 Å². The van der Waals surface area contributed by atoms with E-state index in [2.05, 4.69) is 27.4 Å². The highest BCUT2D eigenvalue weighted by Gasteiger charge is 2.36. The van der Waals surface area contributed by atoms with Gasteiger partial charge in [-0.3, -0.25) is 9.89 Å². The first-order chi connectivity index (χ1) is 6.31. The standard InChI is InChI=1S/C8H12N4O/c1-2-5-3-6(5)11-8(13)7-9-4-10-12-7/h4-6H,2-3H2,1H3,(H,11,13)(H,9,10,12). The lowest BCUT2D eigenvalue weighted by Crippen LogP contribution is -2.27. The summed E-state index contributed by atoms with van der Waals surface area (Å²) in [5.74, 6) is 0.798. The monoisotopic (exact) mass is 180 g/mol. The molecule has 5 heteroatoms. The van der Waals surface area contributed by atoms with Gasteiger partial charge in [0.25, 0.3) is 5.91 Å². The van der Waals surface area contributed by atoms with Crippen LogP contribution in [0, 0.1) is 5.92 Å². The predicted molar refractivity (Wildman–Crippen MR) is 46.0 cm³/mol. The van der Waals surface area contributed by atoms with Crippen molar-refractivity contribution < 1.29 is 4.79 Å². The highest BCUT2D eigenvalue weighted by molar-refractivity contribution is 5.90. The maximum Gasteiger partial charge on any atom is 0.288 e. The van der Waals surface area contributed by atoms with Gasteiger partial charge in [0, 0.05) is 6.04 Å². The van der Waals surface area contributed by atoms with Gasteiger partial charge in [-0.25, -0.2) is 4.98 Å². The van der Waals surface area contributed by atoms with E-state index in [0.717, 1.165) is 12.8 Å². The molecular formula is C8H12N4O. The third kappa shape index (κ3) is 1.68. The van der Waals surface area contributed by atoms with Crippen molar-refractivity contribution in [3.8, 4) is 0 Å². The van der Waals surface area contributed by atoms with E-state index in [1.54, 1.807) is 0 Å². The van der Waals surface area contributed by atoms with Crippen molar-refractivity contribution in [3.05, 3.63) is 12.2 Å². The van der Waals surface area contributed by atoms with Gasteiger partial charge in [-0.15, -0.1) is 0 Å². The quantitative estimate of drug-likeness (QED) is 0.704. The Bertz CT molecular complexity index is 295. The van der Waals surface area contributed by atoms with Crippen molar-refractivity contribution in [1.29, 1.82) is 0 Å². The van der Waals surface area contributed by atoms with Crippen LogP contribution in [0.3, 0.4) is 0 Å². The second-order valence-corrected chi connectivity index (χ2v) is 3.32. The molecule has 13 heavy (non-hydrogen) atoms. The first kappa shape index (κ1) is 8.22. The maximum atomic E-state index is 11.4. The number of hydrogen-bond acceptors (Lipinski definition) is 3. The Morgan fingerprint density at radius 1 is 1.85 bits per heavy atom. The van der Waals surface area contributed by atoms with Crippen molar-refractivity contribution in [2.24, 2.45) is 5.92 Å². The zero-order valence-electron chi connectivity index (χ0n) is 7.45. The molecule has 0 radical (unpaired) electrons. The maximum absolute atomic E-state index is 11.4. The normalized spacial score (nSPS) is 25.6. The molecule has 2 unspecified atom stereocenters. The number of carbonyl (C=O) groups is 1. The minimum atomic E-state index is -0.154. The molecule has 0 bridgehead atoms. The van der Waals surface area contributed by atoms with Gasteiger partial charge < -0.3 is 5.32 Å². The first-order valence-corrected chi connectivity index (χ1v) is 4.47. The molecule has 1 saturated carbocycles. The Morgan fingerprint density at radius 3 is 3.23 bits per heavy atom. The molecule has 1 fully saturated rings. The van der Waals surface area contributed by atoms with Gasteiger partial charge in [-0.05, 0) is 12.3 Å². The van der Waals surface area contributed by atoms with E-state index in [1.807, 2.05) is 0 Å². The van der Waals surface area contributed by atoms with Crippen molar-refractivity contribution >= 4 is 5.91 Å². The molecule has 1 heterocycles. The van der Waals surface area contributed by atoms with Gasteiger partial charge in [-0.1, -0.05) is 13.3 Å². The lowest BCUT2D eigenvalue weighted by Gasteiger charge is -1.99. The summed E-state index contributed by atoms with van der Waals surface area (Å²) in [6.07, 6.45) is 3.55. The molecule has 2 rings (SSSR count). The largest absolute Gasteiger partial charge is 0.346 e. The van der Waals surface area contributed by atoms with Crippen molar-refractivity contribution in [3.63, 3.8) is 0 Å². The Kier molecular flexibility index (Phi) is 2.00. The van der Waals surface area contributed by atoms with Crippen LogP contribution in [0.4, 0.5) is 0 Å². The smallest absolute Gasteiger partial charge is 0.288 e. The summed E-state index contributed by atoms with van der Waals surface area (Å²) in [4.78, 5) is 15.1. The average molecular weight is 180 g/mol. The third-order valence-corrected chi connectivity index (χ3v) is 2.39. The Hall–Kier alpha value is -1.39. The molecule has 0 aromatic carbocycles. The summed E-state index contributed by atoms with van der Waals surface area (Å²) in [6.45, 7) is 2.13. The molecule has 1 aromatic rings.